The highest BCUT2D eigenvalue weighted by Crippen LogP contribution is 2.21. The van der Waals surface area contributed by atoms with E-state index < -0.39 is 11.6 Å². The second-order valence-electron chi connectivity index (χ2n) is 5.73. The lowest BCUT2D eigenvalue weighted by molar-refractivity contribution is -0.153. The summed E-state index contributed by atoms with van der Waals surface area (Å²) in [6.07, 6.45) is 1.07. The van der Waals surface area contributed by atoms with Gasteiger partial charge in [-0.3, -0.25) is 9.59 Å². The van der Waals surface area contributed by atoms with E-state index in [1.54, 1.807) is 24.8 Å². The van der Waals surface area contributed by atoms with E-state index in [1.807, 2.05) is 13.0 Å². The molecule has 5 heteroatoms. The minimum Gasteiger partial charge on any atom is -0.340 e. The van der Waals surface area contributed by atoms with Crippen molar-refractivity contribution >= 4 is 11.8 Å². The third-order valence-electron chi connectivity index (χ3n) is 4.22. The standard InChI is InChI=1S/C16H21FN2O2/c1-4-16(3)15(21)19(11(2)14(20)18-16)9-8-12-6-5-7-13(17)10-12/h5-7,10-11H,4,8-9H2,1-3H3,(H,18,20). The molecule has 2 amide bonds. The smallest absolute Gasteiger partial charge is 0.248 e. The summed E-state index contributed by atoms with van der Waals surface area (Å²) in [7, 11) is 0. The number of carbonyl (C=O) groups is 2. The van der Waals surface area contributed by atoms with Crippen LogP contribution in [0.5, 0.6) is 0 Å². The molecule has 2 atom stereocenters. The lowest BCUT2D eigenvalue weighted by Crippen LogP contribution is -2.68. The largest absolute Gasteiger partial charge is 0.340 e. The molecule has 0 aromatic heterocycles. The van der Waals surface area contributed by atoms with Gasteiger partial charge in [-0.1, -0.05) is 19.1 Å². The molecule has 1 saturated heterocycles. The van der Waals surface area contributed by atoms with Crippen molar-refractivity contribution in [3.05, 3.63) is 35.6 Å². The van der Waals surface area contributed by atoms with Crippen molar-refractivity contribution in [3.8, 4) is 0 Å². The van der Waals surface area contributed by atoms with Crippen LogP contribution in [0.4, 0.5) is 4.39 Å². The van der Waals surface area contributed by atoms with Gasteiger partial charge in [0, 0.05) is 6.54 Å². The fourth-order valence-corrected chi connectivity index (χ4v) is 2.54. The quantitative estimate of drug-likeness (QED) is 0.921. The average Bonchev–Trinajstić information content (AvgIpc) is 2.45. The Hall–Kier alpha value is -1.91. The van der Waals surface area contributed by atoms with Crippen LogP contribution in [0.15, 0.2) is 24.3 Å². The number of hydrogen-bond acceptors (Lipinski definition) is 2. The van der Waals surface area contributed by atoms with Gasteiger partial charge in [0.05, 0.1) is 0 Å². The zero-order valence-corrected chi connectivity index (χ0v) is 12.6. The summed E-state index contributed by atoms with van der Waals surface area (Å²) in [4.78, 5) is 26.2. The summed E-state index contributed by atoms with van der Waals surface area (Å²) in [5.74, 6) is -0.506. The first-order valence-corrected chi connectivity index (χ1v) is 7.25. The summed E-state index contributed by atoms with van der Waals surface area (Å²) in [6.45, 7) is 5.74. The molecule has 4 nitrogen and oxygen atoms in total. The molecule has 0 bridgehead atoms. The topological polar surface area (TPSA) is 49.4 Å². The molecule has 1 fully saturated rings. The lowest BCUT2D eigenvalue weighted by atomic mass is 9.92. The van der Waals surface area contributed by atoms with Crippen molar-refractivity contribution in [2.24, 2.45) is 0 Å². The molecule has 0 spiro atoms. The third-order valence-corrected chi connectivity index (χ3v) is 4.22. The summed E-state index contributed by atoms with van der Waals surface area (Å²) >= 11 is 0. The van der Waals surface area contributed by atoms with Crippen LogP contribution in [-0.4, -0.2) is 34.8 Å². The number of benzene rings is 1. The molecular weight excluding hydrogens is 271 g/mol. The average molecular weight is 292 g/mol. The number of nitrogens with one attached hydrogen (secondary N) is 1. The first kappa shape index (κ1) is 15.5. The summed E-state index contributed by atoms with van der Waals surface area (Å²) in [6, 6.07) is 5.82. The monoisotopic (exact) mass is 292 g/mol. The molecule has 1 heterocycles. The van der Waals surface area contributed by atoms with Gasteiger partial charge in [-0.15, -0.1) is 0 Å². The van der Waals surface area contributed by atoms with Gasteiger partial charge < -0.3 is 10.2 Å². The van der Waals surface area contributed by atoms with E-state index in [-0.39, 0.29) is 17.6 Å². The van der Waals surface area contributed by atoms with Gasteiger partial charge in [-0.2, -0.15) is 0 Å². The highest BCUT2D eigenvalue weighted by molar-refractivity contribution is 5.99. The Morgan fingerprint density at radius 3 is 2.71 bits per heavy atom. The highest BCUT2D eigenvalue weighted by Gasteiger charge is 2.44. The van der Waals surface area contributed by atoms with Gasteiger partial charge in [0.15, 0.2) is 0 Å². The van der Waals surface area contributed by atoms with Crippen molar-refractivity contribution < 1.29 is 14.0 Å². The number of piperazine rings is 1. The van der Waals surface area contributed by atoms with Gasteiger partial charge in [-0.25, -0.2) is 4.39 Å². The van der Waals surface area contributed by atoms with E-state index in [0.29, 0.717) is 19.4 Å². The van der Waals surface area contributed by atoms with Crippen LogP contribution in [-0.2, 0) is 16.0 Å². The van der Waals surface area contributed by atoms with Crippen LogP contribution >= 0.6 is 0 Å². The van der Waals surface area contributed by atoms with Crippen LogP contribution in [0.25, 0.3) is 0 Å². The second kappa shape index (κ2) is 5.84. The molecule has 1 N–H and O–H groups in total. The van der Waals surface area contributed by atoms with Crippen LogP contribution in [0.2, 0.25) is 0 Å². The number of nitrogens with zero attached hydrogens (tertiary/aromatic N) is 1. The minimum absolute atomic E-state index is 0.0755. The van der Waals surface area contributed by atoms with E-state index in [2.05, 4.69) is 5.32 Å². The molecule has 0 aliphatic carbocycles. The molecule has 1 aliphatic heterocycles. The molecule has 2 unspecified atom stereocenters. The Morgan fingerprint density at radius 1 is 1.38 bits per heavy atom. The van der Waals surface area contributed by atoms with E-state index in [0.717, 1.165) is 5.56 Å². The van der Waals surface area contributed by atoms with Crippen molar-refractivity contribution in [1.82, 2.24) is 10.2 Å². The van der Waals surface area contributed by atoms with Gasteiger partial charge in [0.2, 0.25) is 11.8 Å². The Morgan fingerprint density at radius 2 is 2.10 bits per heavy atom. The first-order chi connectivity index (χ1) is 9.87. The van der Waals surface area contributed by atoms with Crippen molar-refractivity contribution in [3.63, 3.8) is 0 Å². The van der Waals surface area contributed by atoms with Crippen molar-refractivity contribution in [2.75, 3.05) is 6.54 Å². The van der Waals surface area contributed by atoms with Crippen LogP contribution in [0, 0.1) is 5.82 Å². The molecule has 1 aliphatic rings. The van der Waals surface area contributed by atoms with E-state index in [9.17, 15) is 14.0 Å². The Labute approximate surface area is 124 Å². The molecule has 0 radical (unpaired) electrons. The fourth-order valence-electron chi connectivity index (χ4n) is 2.54. The summed E-state index contributed by atoms with van der Waals surface area (Å²) in [5.41, 5.74) is -0.0230. The fraction of sp³-hybridized carbons (Fsp3) is 0.500. The van der Waals surface area contributed by atoms with Gasteiger partial charge >= 0.3 is 0 Å². The van der Waals surface area contributed by atoms with Gasteiger partial charge in [0.25, 0.3) is 0 Å². The summed E-state index contributed by atoms with van der Waals surface area (Å²) < 4.78 is 13.2. The van der Waals surface area contributed by atoms with Crippen LogP contribution < -0.4 is 5.32 Å². The Kier molecular flexibility index (Phi) is 4.30. The molecule has 2 rings (SSSR count). The predicted octanol–water partition coefficient (Wildman–Crippen LogP) is 1.88. The van der Waals surface area contributed by atoms with Gasteiger partial charge in [-0.05, 0) is 44.4 Å². The number of amides is 2. The Bertz CT molecular complexity index is 561. The molecule has 114 valence electrons. The maximum atomic E-state index is 13.2. The SMILES string of the molecule is CCC1(C)NC(=O)C(C)N(CCc2cccc(F)c2)C1=O. The molecule has 21 heavy (non-hydrogen) atoms. The van der Waals surface area contributed by atoms with E-state index in [1.165, 1.54) is 12.1 Å². The first-order valence-electron chi connectivity index (χ1n) is 7.25. The maximum absolute atomic E-state index is 13.2. The van der Waals surface area contributed by atoms with Crippen LogP contribution in [0.3, 0.4) is 0 Å². The molecule has 0 saturated carbocycles. The molecule has 1 aromatic carbocycles. The number of carbonyl (C=O) groups excluding carboxylic acids is 2. The van der Waals surface area contributed by atoms with E-state index in [4.69, 9.17) is 0 Å². The predicted molar refractivity (Wildman–Crippen MR) is 78.1 cm³/mol. The van der Waals surface area contributed by atoms with Crippen molar-refractivity contribution in [2.45, 2.75) is 45.2 Å². The van der Waals surface area contributed by atoms with Crippen molar-refractivity contribution in [1.29, 1.82) is 0 Å². The normalized spacial score (nSPS) is 25.9. The molecular formula is C16H21FN2O2. The zero-order chi connectivity index (χ0) is 15.6. The lowest BCUT2D eigenvalue weighted by Gasteiger charge is -2.43. The third kappa shape index (κ3) is 3.06. The van der Waals surface area contributed by atoms with E-state index >= 15 is 0 Å². The van der Waals surface area contributed by atoms with Crippen LogP contribution in [0.1, 0.15) is 32.8 Å². The maximum Gasteiger partial charge on any atom is 0.248 e. The Balaban J connectivity index is 2.13. The number of halogens is 1. The minimum atomic E-state index is -0.842. The summed E-state index contributed by atoms with van der Waals surface area (Å²) in [5, 5.41) is 2.79. The number of hydrogen-bond donors (Lipinski definition) is 1. The highest BCUT2D eigenvalue weighted by atomic mass is 19.1. The zero-order valence-electron chi connectivity index (χ0n) is 12.6. The number of rotatable bonds is 4. The van der Waals surface area contributed by atoms with Gasteiger partial charge in [0.1, 0.15) is 17.4 Å². The second-order valence-corrected chi connectivity index (χ2v) is 5.73. The molecule has 1 aromatic rings.